The molecule has 0 unspecified atom stereocenters. The Balaban J connectivity index is 1.83. The van der Waals surface area contributed by atoms with Gasteiger partial charge in [0.15, 0.2) is 0 Å². The van der Waals surface area contributed by atoms with Crippen molar-refractivity contribution >= 4 is 48.9 Å². The maximum absolute atomic E-state index is 14.2. The lowest BCUT2D eigenvalue weighted by Gasteiger charge is -2.14. The largest absolute Gasteiger partial charge is 0.394 e. The summed E-state index contributed by atoms with van der Waals surface area (Å²) < 4.78 is 15.2. The van der Waals surface area contributed by atoms with Gasteiger partial charge in [-0.05, 0) is 58.9 Å². The van der Waals surface area contributed by atoms with Crippen LogP contribution in [0.3, 0.4) is 0 Å². The van der Waals surface area contributed by atoms with Crippen molar-refractivity contribution in [3.63, 3.8) is 0 Å². The molecule has 1 aliphatic carbocycles. The molecule has 1 fully saturated rings. The Bertz CT molecular complexity index is 1480. The van der Waals surface area contributed by atoms with Crippen molar-refractivity contribution in [2.75, 3.05) is 5.73 Å². The fourth-order valence-corrected chi connectivity index (χ4v) is 5.09. The Hall–Kier alpha value is -3.19. The van der Waals surface area contributed by atoms with E-state index in [1.807, 2.05) is 0 Å². The van der Waals surface area contributed by atoms with Crippen LogP contribution in [0.5, 0.6) is 0 Å². The van der Waals surface area contributed by atoms with Crippen LogP contribution in [0, 0.1) is 5.82 Å². The highest BCUT2D eigenvalue weighted by Crippen LogP contribution is 2.47. The van der Waals surface area contributed by atoms with Gasteiger partial charge in [0, 0.05) is 16.3 Å². The number of aromatic nitrogens is 3. The highest BCUT2D eigenvalue weighted by atomic mass is 32.1. The Kier molecular flexibility index (Phi) is 3.06. The Morgan fingerprint density at radius 2 is 2.00 bits per heavy atom. The van der Waals surface area contributed by atoms with Crippen LogP contribution < -0.4 is 11.3 Å². The molecule has 0 saturated heterocycles. The summed E-state index contributed by atoms with van der Waals surface area (Å²) in [5, 5.41) is 11.4. The van der Waals surface area contributed by atoms with E-state index in [0.717, 1.165) is 15.6 Å². The second-order valence-corrected chi connectivity index (χ2v) is 8.24. The van der Waals surface area contributed by atoms with Gasteiger partial charge in [-0.1, -0.05) is 6.07 Å². The smallest absolute Gasteiger partial charge is 0.272 e. The first kappa shape index (κ1) is 15.8. The molecule has 0 bridgehead atoms. The van der Waals surface area contributed by atoms with Crippen molar-refractivity contribution in [3.05, 3.63) is 57.6 Å². The molecule has 5 nitrogen and oxygen atoms in total. The lowest BCUT2D eigenvalue weighted by molar-refractivity contribution is 0.636. The van der Waals surface area contributed by atoms with Crippen LogP contribution in [-0.4, -0.2) is 15.2 Å². The molecule has 3 heterocycles. The molecule has 7 heteroatoms. The van der Waals surface area contributed by atoms with Crippen molar-refractivity contribution < 1.29 is 4.39 Å². The number of thiophene rings is 1. The number of nitrogen functional groups attached to an aromatic ring is 1. The highest BCUT2D eigenvalue weighted by molar-refractivity contribution is 7.18. The standard InChI is InChI=1S/C21H15FN4OS/c22-15-4-3-10(14-8-24-26-18(14)15)16-13-7-12(9-1-2-9)11-5-6-28-20(11)19(13)25-21(27)17(16)23/h3-9H,1-2,23H2,(H,24,26)(H,25,27). The van der Waals surface area contributed by atoms with Gasteiger partial charge in [0.1, 0.15) is 17.0 Å². The summed E-state index contributed by atoms with van der Waals surface area (Å²) >= 11 is 1.61. The van der Waals surface area contributed by atoms with E-state index in [2.05, 4.69) is 32.7 Å². The van der Waals surface area contributed by atoms with Crippen LogP contribution in [0.2, 0.25) is 0 Å². The normalized spacial score (nSPS) is 14.5. The van der Waals surface area contributed by atoms with Crippen LogP contribution in [-0.2, 0) is 0 Å². The summed E-state index contributed by atoms with van der Waals surface area (Å²) in [7, 11) is 0. The van der Waals surface area contributed by atoms with E-state index in [-0.39, 0.29) is 17.1 Å². The van der Waals surface area contributed by atoms with Crippen molar-refractivity contribution in [3.8, 4) is 11.1 Å². The molecule has 0 spiro atoms. The van der Waals surface area contributed by atoms with Gasteiger partial charge in [-0.25, -0.2) is 4.39 Å². The summed E-state index contributed by atoms with van der Waals surface area (Å²) in [4.78, 5) is 15.7. The zero-order valence-corrected chi connectivity index (χ0v) is 15.5. The molecule has 2 aromatic carbocycles. The van der Waals surface area contributed by atoms with E-state index in [0.29, 0.717) is 27.9 Å². The molecule has 0 aliphatic heterocycles. The van der Waals surface area contributed by atoms with Crippen molar-refractivity contribution in [2.24, 2.45) is 0 Å². The summed E-state index contributed by atoms with van der Waals surface area (Å²) in [6.45, 7) is 0. The number of halogens is 1. The number of pyridine rings is 1. The molecular formula is C21H15FN4OS. The lowest BCUT2D eigenvalue weighted by atomic mass is 9.93. The molecule has 4 N–H and O–H groups in total. The topological polar surface area (TPSA) is 87.6 Å². The highest BCUT2D eigenvalue weighted by Gasteiger charge is 2.28. The molecule has 0 atom stereocenters. The zero-order chi connectivity index (χ0) is 19.0. The van der Waals surface area contributed by atoms with E-state index < -0.39 is 0 Å². The van der Waals surface area contributed by atoms with Crippen molar-refractivity contribution in [1.29, 1.82) is 0 Å². The number of benzene rings is 2. The quantitative estimate of drug-likeness (QED) is 0.401. The number of hydrogen-bond donors (Lipinski definition) is 3. The Labute approximate surface area is 162 Å². The average molecular weight is 390 g/mol. The molecule has 138 valence electrons. The Morgan fingerprint density at radius 1 is 1.14 bits per heavy atom. The predicted molar refractivity (Wildman–Crippen MR) is 111 cm³/mol. The molecular weight excluding hydrogens is 375 g/mol. The minimum Gasteiger partial charge on any atom is -0.394 e. The number of fused-ring (bicyclic) bond motifs is 4. The molecule has 1 saturated carbocycles. The van der Waals surface area contributed by atoms with Gasteiger partial charge in [0.2, 0.25) is 0 Å². The number of rotatable bonds is 2. The number of aromatic amines is 2. The van der Waals surface area contributed by atoms with Gasteiger partial charge in [-0.3, -0.25) is 9.89 Å². The molecule has 0 radical (unpaired) electrons. The first-order valence-electron chi connectivity index (χ1n) is 9.11. The third-order valence-corrected chi connectivity index (χ3v) is 6.58. The maximum atomic E-state index is 14.2. The number of nitrogens with one attached hydrogen (secondary N) is 2. The monoisotopic (exact) mass is 390 g/mol. The third-order valence-electron chi connectivity index (χ3n) is 5.65. The summed E-state index contributed by atoms with van der Waals surface area (Å²) in [5.41, 5.74) is 9.81. The number of anilines is 1. The van der Waals surface area contributed by atoms with E-state index in [9.17, 15) is 9.18 Å². The molecule has 1 aliphatic rings. The summed E-state index contributed by atoms with van der Waals surface area (Å²) in [5.74, 6) is 0.160. The van der Waals surface area contributed by atoms with Gasteiger partial charge < -0.3 is 10.7 Å². The first-order valence-corrected chi connectivity index (χ1v) is 9.99. The van der Waals surface area contributed by atoms with Gasteiger partial charge in [0.25, 0.3) is 5.56 Å². The zero-order valence-electron chi connectivity index (χ0n) is 14.7. The minimum absolute atomic E-state index is 0.138. The van der Waals surface area contributed by atoms with Crippen molar-refractivity contribution in [1.82, 2.24) is 15.2 Å². The fourth-order valence-electron chi connectivity index (χ4n) is 4.16. The summed E-state index contributed by atoms with van der Waals surface area (Å²) in [6, 6.07) is 7.33. The number of H-pyrrole nitrogens is 2. The van der Waals surface area contributed by atoms with E-state index in [4.69, 9.17) is 5.73 Å². The molecule has 3 aromatic heterocycles. The molecule has 5 aromatic rings. The van der Waals surface area contributed by atoms with Crippen LogP contribution in [0.15, 0.2) is 40.6 Å². The predicted octanol–water partition coefficient (Wildman–Crippen LogP) is 4.88. The van der Waals surface area contributed by atoms with Gasteiger partial charge >= 0.3 is 0 Å². The number of nitrogens with two attached hydrogens (primary N) is 1. The van der Waals surface area contributed by atoms with E-state index >= 15 is 0 Å². The first-order chi connectivity index (χ1) is 13.6. The molecule has 0 amide bonds. The lowest BCUT2D eigenvalue weighted by Crippen LogP contribution is -2.13. The van der Waals surface area contributed by atoms with Crippen LogP contribution in [0.4, 0.5) is 10.1 Å². The van der Waals surface area contributed by atoms with Crippen LogP contribution in [0.1, 0.15) is 24.3 Å². The average Bonchev–Trinajstić information content (AvgIpc) is 3.19. The SMILES string of the molecule is Nc1c(-c2ccc(F)c3[nH]ncc23)c2cc(C3CC3)c3ccsc3c2[nH]c1=O. The second-order valence-electron chi connectivity index (χ2n) is 7.32. The van der Waals surface area contributed by atoms with E-state index in [1.54, 1.807) is 23.6 Å². The van der Waals surface area contributed by atoms with Gasteiger partial charge in [0.05, 0.1) is 16.4 Å². The van der Waals surface area contributed by atoms with Gasteiger partial charge in [-0.2, -0.15) is 5.10 Å². The van der Waals surface area contributed by atoms with Crippen LogP contribution in [0.25, 0.3) is 43.0 Å². The fraction of sp³-hybridized carbons (Fsp3) is 0.143. The third kappa shape index (κ3) is 2.05. The van der Waals surface area contributed by atoms with Crippen LogP contribution >= 0.6 is 11.3 Å². The van der Waals surface area contributed by atoms with E-state index in [1.165, 1.54) is 29.9 Å². The minimum atomic E-state index is -0.386. The Morgan fingerprint density at radius 3 is 2.82 bits per heavy atom. The number of hydrogen-bond acceptors (Lipinski definition) is 4. The second kappa shape index (κ2) is 5.42. The summed E-state index contributed by atoms with van der Waals surface area (Å²) in [6.07, 6.45) is 3.92. The van der Waals surface area contributed by atoms with Gasteiger partial charge in [-0.15, -0.1) is 11.3 Å². The number of nitrogens with zero attached hydrogens (tertiary/aromatic N) is 1. The molecule has 6 rings (SSSR count). The van der Waals surface area contributed by atoms with Crippen molar-refractivity contribution in [2.45, 2.75) is 18.8 Å². The molecule has 28 heavy (non-hydrogen) atoms. The maximum Gasteiger partial charge on any atom is 0.272 e.